The van der Waals surface area contributed by atoms with Crippen molar-refractivity contribution in [1.29, 1.82) is 0 Å². The number of nitrogens with one attached hydrogen (secondary N) is 1. The number of aromatic nitrogens is 4. The van der Waals surface area contributed by atoms with Crippen LogP contribution in [0.2, 0.25) is 0 Å². The zero-order valence-electron chi connectivity index (χ0n) is 22.5. The molecule has 2 aromatic heterocycles. The maximum atomic E-state index is 9.55. The SMILES string of the molecule is Cc1nnc2n1-c1ccccc1N(CCCN1CCC(c3c[nH]c4ccccc34)CC1)C2.O=C(O)/C=C/C(=O)O. The third-order valence-corrected chi connectivity index (χ3v) is 7.61. The second kappa shape index (κ2) is 12.2. The van der Waals surface area contributed by atoms with Crippen LogP contribution in [0.5, 0.6) is 0 Å². The Balaban J connectivity index is 0.000000355. The van der Waals surface area contributed by atoms with E-state index in [2.05, 4.69) is 84.3 Å². The maximum absolute atomic E-state index is 9.55. The first-order valence-corrected chi connectivity index (χ1v) is 13.6. The van der Waals surface area contributed by atoms with Gasteiger partial charge in [-0.05, 0) is 75.5 Å². The summed E-state index contributed by atoms with van der Waals surface area (Å²) in [6, 6.07) is 17.3. The highest BCUT2D eigenvalue weighted by Gasteiger charge is 2.26. The molecule has 0 aliphatic carbocycles. The highest BCUT2D eigenvalue weighted by atomic mass is 16.4. The van der Waals surface area contributed by atoms with Crippen molar-refractivity contribution in [2.45, 2.75) is 38.6 Å². The topological polar surface area (TPSA) is 128 Å². The number of likely N-dealkylation sites (tertiary alicyclic amines) is 1. The maximum Gasteiger partial charge on any atom is 0.328 e. The van der Waals surface area contributed by atoms with Crippen molar-refractivity contribution in [3.05, 3.63) is 84.1 Å². The second-order valence-corrected chi connectivity index (χ2v) is 10.2. The molecule has 208 valence electrons. The van der Waals surface area contributed by atoms with Crippen LogP contribution in [-0.2, 0) is 16.1 Å². The number of aryl methyl sites for hydroxylation is 1. The van der Waals surface area contributed by atoms with Gasteiger partial charge in [-0.15, -0.1) is 10.2 Å². The van der Waals surface area contributed by atoms with Crippen molar-refractivity contribution in [3.8, 4) is 5.69 Å². The first kappa shape index (κ1) is 27.1. The van der Waals surface area contributed by atoms with Crippen molar-refractivity contribution in [1.82, 2.24) is 24.6 Å². The number of benzene rings is 2. The van der Waals surface area contributed by atoms with Crippen LogP contribution in [0.25, 0.3) is 16.6 Å². The number of hydrogen-bond acceptors (Lipinski definition) is 6. The molecule has 0 radical (unpaired) electrons. The number of fused-ring (bicyclic) bond motifs is 4. The molecular formula is C30H34N6O4. The molecule has 0 atom stereocenters. The van der Waals surface area contributed by atoms with E-state index >= 15 is 0 Å². The highest BCUT2D eigenvalue weighted by Crippen LogP contribution is 2.34. The van der Waals surface area contributed by atoms with Crippen LogP contribution in [-0.4, -0.2) is 73.0 Å². The van der Waals surface area contributed by atoms with Crippen LogP contribution in [0.15, 0.2) is 66.9 Å². The molecule has 40 heavy (non-hydrogen) atoms. The van der Waals surface area contributed by atoms with E-state index < -0.39 is 11.9 Å². The molecule has 2 aliphatic rings. The minimum atomic E-state index is -1.26. The standard InChI is InChI=1S/C26H30N6.C4H4O4/c1-19-28-29-26-18-31(24-9-4-5-10-25(24)32(19)26)14-6-13-30-15-11-20(12-16-30)22-17-27-23-8-3-2-7-21(22)23;5-3(6)1-2-4(7)8/h2-5,7-10,17,20,27H,6,11-16,18H2,1H3;1-2H,(H,5,6)(H,7,8)/b;2-1+. The van der Waals surface area contributed by atoms with Crippen molar-refractivity contribution in [3.63, 3.8) is 0 Å². The average Bonchev–Trinajstić information content (AvgIpc) is 3.56. The highest BCUT2D eigenvalue weighted by molar-refractivity contribution is 5.89. The molecule has 3 N–H and O–H groups in total. The number of para-hydroxylation sites is 3. The summed E-state index contributed by atoms with van der Waals surface area (Å²) in [5, 5.41) is 25.7. The third kappa shape index (κ3) is 6.07. The van der Waals surface area contributed by atoms with E-state index in [4.69, 9.17) is 10.2 Å². The molecule has 0 spiro atoms. The largest absolute Gasteiger partial charge is 0.478 e. The van der Waals surface area contributed by atoms with Gasteiger partial charge in [-0.2, -0.15) is 0 Å². The molecule has 2 aliphatic heterocycles. The zero-order valence-corrected chi connectivity index (χ0v) is 22.5. The van der Waals surface area contributed by atoms with E-state index in [0.717, 1.165) is 31.3 Å². The summed E-state index contributed by atoms with van der Waals surface area (Å²) in [6.45, 7) is 7.45. The van der Waals surface area contributed by atoms with Gasteiger partial charge >= 0.3 is 11.9 Å². The second-order valence-electron chi connectivity index (χ2n) is 10.2. The minimum Gasteiger partial charge on any atom is -0.478 e. The molecule has 2 aromatic carbocycles. The van der Waals surface area contributed by atoms with Crippen LogP contribution in [0.3, 0.4) is 0 Å². The Kier molecular flexibility index (Phi) is 8.26. The van der Waals surface area contributed by atoms with Gasteiger partial charge in [0.1, 0.15) is 5.82 Å². The molecule has 0 saturated carbocycles. The molecule has 0 amide bonds. The summed E-state index contributed by atoms with van der Waals surface area (Å²) in [7, 11) is 0. The fourth-order valence-electron chi connectivity index (χ4n) is 5.73. The predicted molar refractivity (Wildman–Crippen MR) is 153 cm³/mol. The monoisotopic (exact) mass is 542 g/mol. The Bertz CT molecular complexity index is 1500. The fourth-order valence-corrected chi connectivity index (χ4v) is 5.73. The summed E-state index contributed by atoms with van der Waals surface area (Å²) in [6.07, 6.45) is 7.01. The van der Waals surface area contributed by atoms with E-state index in [-0.39, 0.29) is 0 Å². The lowest BCUT2D eigenvalue weighted by Gasteiger charge is -2.34. The number of carboxylic acids is 2. The van der Waals surface area contributed by atoms with Crippen LogP contribution in [0.4, 0.5) is 5.69 Å². The Morgan fingerprint density at radius 3 is 2.35 bits per heavy atom. The number of carbonyl (C=O) groups is 2. The number of aliphatic carboxylic acids is 2. The van der Waals surface area contributed by atoms with Gasteiger partial charge in [-0.3, -0.25) is 4.57 Å². The van der Waals surface area contributed by atoms with Crippen molar-refractivity contribution in [2.75, 3.05) is 31.1 Å². The molecule has 1 fully saturated rings. The van der Waals surface area contributed by atoms with Crippen molar-refractivity contribution >= 4 is 28.5 Å². The third-order valence-electron chi connectivity index (χ3n) is 7.61. The van der Waals surface area contributed by atoms with Gasteiger partial charge in [-0.25, -0.2) is 9.59 Å². The quantitative estimate of drug-likeness (QED) is 0.294. The van der Waals surface area contributed by atoms with Crippen LogP contribution in [0, 0.1) is 6.92 Å². The van der Waals surface area contributed by atoms with E-state index in [0.29, 0.717) is 18.1 Å². The Hall–Kier alpha value is -4.44. The fraction of sp³-hybridized carbons (Fsp3) is 0.333. The van der Waals surface area contributed by atoms with Crippen LogP contribution in [0.1, 0.15) is 42.4 Å². The predicted octanol–water partition coefficient (Wildman–Crippen LogP) is 4.36. The normalized spacial score (nSPS) is 15.5. The van der Waals surface area contributed by atoms with Gasteiger partial charge in [-0.1, -0.05) is 30.3 Å². The number of H-pyrrole nitrogens is 1. The van der Waals surface area contributed by atoms with Crippen molar-refractivity contribution in [2.24, 2.45) is 0 Å². The van der Waals surface area contributed by atoms with E-state index in [1.54, 1.807) is 0 Å². The van der Waals surface area contributed by atoms with Gasteiger partial charge in [0.15, 0.2) is 5.82 Å². The first-order valence-electron chi connectivity index (χ1n) is 13.6. The number of anilines is 1. The lowest BCUT2D eigenvalue weighted by atomic mass is 9.89. The van der Waals surface area contributed by atoms with Gasteiger partial charge < -0.3 is 25.0 Å². The minimum absolute atomic E-state index is 0.558. The molecule has 0 unspecified atom stereocenters. The van der Waals surface area contributed by atoms with Crippen molar-refractivity contribution < 1.29 is 19.8 Å². The molecule has 4 aromatic rings. The first-order chi connectivity index (χ1) is 19.4. The number of nitrogens with zero attached hydrogens (tertiary/aromatic N) is 5. The molecule has 4 heterocycles. The Labute approximate surface area is 232 Å². The van der Waals surface area contributed by atoms with E-state index in [1.165, 1.54) is 60.2 Å². The summed E-state index contributed by atoms with van der Waals surface area (Å²) in [5.74, 6) is 0.164. The molecule has 10 heteroatoms. The van der Waals surface area contributed by atoms with Gasteiger partial charge in [0.25, 0.3) is 0 Å². The lowest BCUT2D eigenvalue weighted by molar-refractivity contribution is -0.134. The van der Waals surface area contributed by atoms with Crippen LogP contribution >= 0.6 is 0 Å². The lowest BCUT2D eigenvalue weighted by Crippen LogP contribution is -2.36. The van der Waals surface area contributed by atoms with Crippen LogP contribution < -0.4 is 4.90 Å². The van der Waals surface area contributed by atoms with Gasteiger partial charge in [0.2, 0.25) is 0 Å². The molecule has 0 bridgehead atoms. The van der Waals surface area contributed by atoms with E-state index in [9.17, 15) is 9.59 Å². The van der Waals surface area contributed by atoms with Gasteiger partial charge in [0, 0.05) is 35.8 Å². The summed E-state index contributed by atoms with van der Waals surface area (Å²) >= 11 is 0. The molecule has 10 nitrogen and oxygen atoms in total. The number of aromatic amines is 1. The summed E-state index contributed by atoms with van der Waals surface area (Å²) in [5.41, 5.74) is 5.26. The Morgan fingerprint density at radius 2 is 1.62 bits per heavy atom. The smallest absolute Gasteiger partial charge is 0.328 e. The summed E-state index contributed by atoms with van der Waals surface area (Å²) in [4.78, 5) is 27.7. The molecular weight excluding hydrogens is 508 g/mol. The summed E-state index contributed by atoms with van der Waals surface area (Å²) < 4.78 is 2.20. The number of piperidine rings is 1. The molecule has 6 rings (SSSR count). The van der Waals surface area contributed by atoms with Gasteiger partial charge in [0.05, 0.1) is 17.9 Å². The average molecular weight is 543 g/mol. The number of hydrogen-bond donors (Lipinski definition) is 3. The zero-order chi connectivity index (χ0) is 28.1. The Morgan fingerprint density at radius 1 is 0.950 bits per heavy atom. The number of rotatable bonds is 7. The van der Waals surface area contributed by atoms with E-state index in [1.807, 2.05) is 6.92 Å². The molecule has 1 saturated heterocycles. The number of carboxylic acid groups (broad SMARTS) is 2.